The van der Waals surface area contributed by atoms with Gasteiger partial charge in [0.25, 0.3) is 0 Å². The van der Waals surface area contributed by atoms with Gasteiger partial charge in [-0.25, -0.2) is 8.42 Å². The highest BCUT2D eigenvalue weighted by Crippen LogP contribution is 2.23. The molecule has 0 aliphatic heterocycles. The zero-order valence-corrected chi connectivity index (χ0v) is 22.8. The highest BCUT2D eigenvalue weighted by atomic mass is 32.2. The Morgan fingerprint density at radius 3 is 2.35 bits per heavy atom. The Bertz CT molecular complexity index is 1160. The van der Waals surface area contributed by atoms with Gasteiger partial charge in [-0.1, -0.05) is 25.0 Å². The summed E-state index contributed by atoms with van der Waals surface area (Å²) in [7, 11) is -2.24. The summed E-state index contributed by atoms with van der Waals surface area (Å²) in [4.78, 5) is 28.2. The van der Waals surface area contributed by atoms with Crippen LogP contribution in [0.15, 0.2) is 48.5 Å². The number of rotatable bonds is 12. The molecule has 9 nitrogen and oxygen atoms in total. The second kappa shape index (κ2) is 12.8. The van der Waals surface area contributed by atoms with E-state index in [9.17, 15) is 18.0 Å². The third-order valence-electron chi connectivity index (χ3n) is 6.47. The highest BCUT2D eigenvalue weighted by molar-refractivity contribution is 7.92. The maximum Gasteiger partial charge on any atom is 0.244 e. The van der Waals surface area contributed by atoms with E-state index in [1.807, 2.05) is 19.1 Å². The number of methoxy groups -OCH3 is 1. The topological polar surface area (TPSA) is 105 Å². The van der Waals surface area contributed by atoms with E-state index in [2.05, 4.69) is 5.32 Å². The number of anilines is 1. The standard InChI is InChI=1S/C27H37N3O6S/c1-5-36-24-15-13-23(14-16-24)30(37(4,33)34)19-26(31)29(18-21-9-8-12-25(17-21)35-3)20(2)27(32)28-22-10-6-7-11-22/h8-9,12-17,20,22H,5-7,10-11,18-19H2,1-4H3,(H,28,32)/t20-/m1/s1. The minimum absolute atomic E-state index is 0.0973. The van der Waals surface area contributed by atoms with Crippen molar-refractivity contribution in [3.63, 3.8) is 0 Å². The molecular weight excluding hydrogens is 494 g/mol. The highest BCUT2D eigenvalue weighted by Gasteiger charge is 2.31. The zero-order chi connectivity index (χ0) is 27.0. The fourth-order valence-electron chi connectivity index (χ4n) is 4.43. The molecule has 202 valence electrons. The number of carbonyl (C=O) groups excluding carboxylic acids is 2. The van der Waals surface area contributed by atoms with Crippen molar-refractivity contribution >= 4 is 27.5 Å². The second-order valence-corrected chi connectivity index (χ2v) is 11.1. The summed E-state index contributed by atoms with van der Waals surface area (Å²) in [5, 5.41) is 3.05. The van der Waals surface area contributed by atoms with Gasteiger partial charge in [0.1, 0.15) is 24.1 Å². The first-order chi connectivity index (χ1) is 17.6. The molecule has 1 aliphatic carbocycles. The molecule has 1 N–H and O–H groups in total. The van der Waals surface area contributed by atoms with Gasteiger partial charge in [-0.05, 0) is 68.7 Å². The average molecular weight is 532 g/mol. The Balaban J connectivity index is 1.87. The molecular formula is C27H37N3O6S. The van der Waals surface area contributed by atoms with Crippen molar-refractivity contribution in [3.05, 3.63) is 54.1 Å². The van der Waals surface area contributed by atoms with Gasteiger partial charge >= 0.3 is 0 Å². The quantitative estimate of drug-likeness (QED) is 0.451. The summed E-state index contributed by atoms with van der Waals surface area (Å²) in [6.07, 6.45) is 5.03. The van der Waals surface area contributed by atoms with Crippen LogP contribution in [0.4, 0.5) is 5.69 Å². The molecule has 1 atom stereocenters. The molecule has 1 fully saturated rings. The van der Waals surface area contributed by atoms with Crippen LogP contribution in [0.2, 0.25) is 0 Å². The monoisotopic (exact) mass is 531 g/mol. The van der Waals surface area contributed by atoms with Crippen LogP contribution in [0.5, 0.6) is 11.5 Å². The van der Waals surface area contributed by atoms with Gasteiger partial charge in [-0.15, -0.1) is 0 Å². The zero-order valence-electron chi connectivity index (χ0n) is 22.0. The summed E-state index contributed by atoms with van der Waals surface area (Å²) in [6.45, 7) is 3.68. The third kappa shape index (κ3) is 7.85. The number of nitrogens with zero attached hydrogens (tertiary/aromatic N) is 2. The van der Waals surface area contributed by atoms with Gasteiger partial charge in [0, 0.05) is 12.6 Å². The first-order valence-corrected chi connectivity index (χ1v) is 14.4. The molecule has 37 heavy (non-hydrogen) atoms. The number of ether oxygens (including phenoxy) is 2. The minimum atomic E-state index is -3.80. The maximum absolute atomic E-state index is 13.7. The number of hydrogen-bond acceptors (Lipinski definition) is 6. The van der Waals surface area contributed by atoms with Gasteiger partial charge in [0.15, 0.2) is 0 Å². The minimum Gasteiger partial charge on any atom is -0.497 e. The van der Waals surface area contributed by atoms with Crippen LogP contribution in [-0.2, 0) is 26.2 Å². The van der Waals surface area contributed by atoms with E-state index in [1.165, 1.54) is 4.90 Å². The first kappa shape index (κ1) is 28.3. The van der Waals surface area contributed by atoms with Gasteiger partial charge in [-0.3, -0.25) is 13.9 Å². The van der Waals surface area contributed by atoms with Crippen molar-refractivity contribution in [1.82, 2.24) is 10.2 Å². The first-order valence-electron chi connectivity index (χ1n) is 12.6. The molecule has 0 heterocycles. The van der Waals surface area contributed by atoms with Crippen LogP contribution in [0.1, 0.15) is 45.1 Å². The summed E-state index contributed by atoms with van der Waals surface area (Å²) < 4.78 is 37.2. The molecule has 0 aromatic heterocycles. The molecule has 0 radical (unpaired) electrons. The van der Waals surface area contributed by atoms with Crippen LogP contribution in [0.3, 0.4) is 0 Å². The van der Waals surface area contributed by atoms with Crippen molar-refractivity contribution in [2.75, 3.05) is 30.8 Å². The van der Waals surface area contributed by atoms with Crippen LogP contribution < -0.4 is 19.1 Å². The molecule has 1 saturated carbocycles. The predicted octanol–water partition coefficient (Wildman–Crippen LogP) is 3.34. The number of nitrogens with one attached hydrogen (secondary N) is 1. The van der Waals surface area contributed by atoms with E-state index in [-0.39, 0.29) is 18.5 Å². The number of sulfonamides is 1. The van der Waals surface area contributed by atoms with Gasteiger partial charge in [-0.2, -0.15) is 0 Å². The molecule has 2 aromatic carbocycles. The summed E-state index contributed by atoms with van der Waals surface area (Å²) in [6, 6.07) is 13.0. The number of benzene rings is 2. The maximum atomic E-state index is 13.7. The molecule has 2 amide bonds. The Morgan fingerprint density at radius 2 is 1.76 bits per heavy atom. The molecule has 0 unspecified atom stereocenters. The third-order valence-corrected chi connectivity index (χ3v) is 7.61. The van der Waals surface area contributed by atoms with E-state index in [0.29, 0.717) is 23.8 Å². The fraction of sp³-hybridized carbons (Fsp3) is 0.481. The summed E-state index contributed by atoms with van der Waals surface area (Å²) >= 11 is 0. The summed E-state index contributed by atoms with van der Waals surface area (Å²) in [5.41, 5.74) is 1.10. The lowest BCUT2D eigenvalue weighted by atomic mass is 10.1. The number of hydrogen-bond donors (Lipinski definition) is 1. The molecule has 0 spiro atoms. The molecule has 2 aromatic rings. The van der Waals surface area contributed by atoms with E-state index >= 15 is 0 Å². The Morgan fingerprint density at radius 1 is 1.08 bits per heavy atom. The molecule has 0 bridgehead atoms. The molecule has 1 aliphatic rings. The number of carbonyl (C=O) groups is 2. The molecule has 0 saturated heterocycles. The Labute approximate surface area is 219 Å². The Hall–Kier alpha value is -3.27. The molecule has 10 heteroatoms. The van der Waals surface area contributed by atoms with E-state index < -0.39 is 28.5 Å². The lowest BCUT2D eigenvalue weighted by Crippen LogP contribution is -2.52. The van der Waals surface area contributed by atoms with Crippen LogP contribution in [-0.4, -0.2) is 63.7 Å². The molecule has 3 rings (SSSR count). The lowest BCUT2D eigenvalue weighted by Gasteiger charge is -2.32. The smallest absolute Gasteiger partial charge is 0.244 e. The van der Waals surface area contributed by atoms with E-state index in [1.54, 1.807) is 50.4 Å². The van der Waals surface area contributed by atoms with Crippen LogP contribution >= 0.6 is 0 Å². The Kier molecular flexibility index (Phi) is 9.79. The largest absolute Gasteiger partial charge is 0.497 e. The van der Waals surface area contributed by atoms with Crippen molar-refractivity contribution in [2.45, 2.75) is 58.2 Å². The average Bonchev–Trinajstić information content (AvgIpc) is 3.38. The van der Waals surface area contributed by atoms with E-state index in [0.717, 1.165) is 41.8 Å². The fourth-order valence-corrected chi connectivity index (χ4v) is 5.28. The van der Waals surface area contributed by atoms with Crippen molar-refractivity contribution < 1.29 is 27.5 Å². The normalized spacial score (nSPS) is 14.6. The van der Waals surface area contributed by atoms with Crippen molar-refractivity contribution in [1.29, 1.82) is 0 Å². The lowest BCUT2D eigenvalue weighted by molar-refractivity contribution is -0.139. The number of amides is 2. The summed E-state index contributed by atoms with van der Waals surface area (Å²) in [5.74, 6) is 0.481. The SMILES string of the molecule is CCOc1ccc(N(CC(=O)N(Cc2cccc(OC)c2)[C@H](C)C(=O)NC2CCCC2)S(C)(=O)=O)cc1. The van der Waals surface area contributed by atoms with Crippen LogP contribution in [0, 0.1) is 0 Å². The van der Waals surface area contributed by atoms with Crippen LogP contribution in [0.25, 0.3) is 0 Å². The second-order valence-electron chi connectivity index (χ2n) is 9.24. The van der Waals surface area contributed by atoms with Gasteiger partial charge < -0.3 is 19.7 Å². The van der Waals surface area contributed by atoms with Gasteiger partial charge in [0.2, 0.25) is 21.8 Å². The van der Waals surface area contributed by atoms with Gasteiger partial charge in [0.05, 0.1) is 25.7 Å². The van der Waals surface area contributed by atoms with Crippen molar-refractivity contribution in [3.8, 4) is 11.5 Å². The predicted molar refractivity (Wildman–Crippen MR) is 143 cm³/mol. The van der Waals surface area contributed by atoms with E-state index in [4.69, 9.17) is 9.47 Å². The van der Waals surface area contributed by atoms with Crippen molar-refractivity contribution in [2.24, 2.45) is 0 Å².